The highest BCUT2D eigenvalue weighted by Crippen LogP contribution is 2.31. The molecule has 0 spiro atoms. The number of carbonyl (C=O) groups is 1. The molecule has 2 bridgehead atoms. The molecule has 0 radical (unpaired) electrons. The summed E-state index contributed by atoms with van der Waals surface area (Å²) in [6.07, 6.45) is 1.12. The number of rotatable bonds is 5. The number of hydrogen-bond donors (Lipinski definition) is 1. The zero-order valence-corrected chi connectivity index (χ0v) is 19.0. The molecule has 30 heavy (non-hydrogen) atoms. The maximum Gasteiger partial charge on any atom is 0.263 e. The highest BCUT2D eigenvalue weighted by atomic mass is 35.5. The van der Waals surface area contributed by atoms with Crippen LogP contribution in [-0.4, -0.2) is 35.0 Å². The first-order valence-corrected chi connectivity index (χ1v) is 10.8. The van der Waals surface area contributed by atoms with Crippen molar-refractivity contribution in [3.05, 3.63) is 68.6 Å². The maximum atomic E-state index is 13.4. The Labute approximate surface area is 188 Å². The van der Waals surface area contributed by atoms with Gasteiger partial charge in [0.15, 0.2) is 0 Å². The molecule has 0 saturated carbocycles. The van der Waals surface area contributed by atoms with Crippen LogP contribution in [0, 0.1) is 11.8 Å². The fraction of sp³-hybridized carbons (Fsp3) is 0.478. The molecule has 2 aliphatic heterocycles. The van der Waals surface area contributed by atoms with Crippen molar-refractivity contribution in [2.75, 3.05) is 19.6 Å². The van der Waals surface area contributed by atoms with Crippen molar-refractivity contribution in [2.45, 2.75) is 39.3 Å². The van der Waals surface area contributed by atoms with E-state index in [1.807, 2.05) is 34.9 Å². The number of nitrogens with zero attached hydrogens (tertiary/aromatic N) is 2. The minimum absolute atomic E-state index is 0. The number of piperidine rings is 1. The standard InChI is InChI=1S/C23H28ClN3O2.ClH/c1-15(2)12-26(14-17-5-3-4-6-20(17)24)22(28)19-7-8-21-18-9-16(10-25-11-18)13-27(21)23(19)29;/h3-8,15-16,18,25H,9-14H2,1-2H3;1H/t16-,18+;/m0./s1. The summed E-state index contributed by atoms with van der Waals surface area (Å²) < 4.78 is 1.84. The number of aromatic nitrogens is 1. The molecule has 2 aliphatic rings. The number of hydrogen-bond acceptors (Lipinski definition) is 3. The topological polar surface area (TPSA) is 54.3 Å². The molecule has 162 valence electrons. The lowest BCUT2D eigenvalue weighted by Crippen LogP contribution is -2.46. The van der Waals surface area contributed by atoms with Gasteiger partial charge in [-0.2, -0.15) is 0 Å². The fourth-order valence-corrected chi connectivity index (χ4v) is 4.81. The normalized spacial score (nSPS) is 19.7. The molecule has 1 N–H and O–H groups in total. The van der Waals surface area contributed by atoms with E-state index in [-0.39, 0.29) is 35.4 Å². The molecular formula is C23H29Cl2N3O2. The number of benzene rings is 1. The van der Waals surface area contributed by atoms with Gasteiger partial charge in [0.1, 0.15) is 5.56 Å². The summed E-state index contributed by atoms with van der Waals surface area (Å²) in [6.45, 7) is 7.63. The van der Waals surface area contributed by atoms with E-state index >= 15 is 0 Å². The summed E-state index contributed by atoms with van der Waals surface area (Å²) in [4.78, 5) is 28.4. The van der Waals surface area contributed by atoms with Gasteiger partial charge in [0.25, 0.3) is 11.5 Å². The first-order valence-electron chi connectivity index (χ1n) is 10.4. The van der Waals surface area contributed by atoms with E-state index in [9.17, 15) is 9.59 Å². The van der Waals surface area contributed by atoms with Gasteiger partial charge in [-0.15, -0.1) is 12.4 Å². The Bertz CT molecular complexity index is 973. The zero-order valence-electron chi connectivity index (χ0n) is 17.4. The summed E-state index contributed by atoms with van der Waals surface area (Å²) in [7, 11) is 0. The van der Waals surface area contributed by atoms with Crippen molar-refractivity contribution in [1.29, 1.82) is 0 Å². The van der Waals surface area contributed by atoms with Gasteiger partial charge in [-0.25, -0.2) is 0 Å². The number of pyridine rings is 1. The summed E-state index contributed by atoms with van der Waals surface area (Å²) in [5.41, 5.74) is 2.05. The van der Waals surface area contributed by atoms with Crippen LogP contribution < -0.4 is 10.9 Å². The van der Waals surface area contributed by atoms with Gasteiger partial charge >= 0.3 is 0 Å². The van der Waals surface area contributed by atoms with Gasteiger partial charge in [-0.05, 0) is 48.6 Å². The van der Waals surface area contributed by atoms with E-state index < -0.39 is 0 Å². The number of halogens is 2. The predicted octanol–water partition coefficient (Wildman–Crippen LogP) is 3.93. The van der Waals surface area contributed by atoms with Crippen molar-refractivity contribution in [2.24, 2.45) is 11.8 Å². The van der Waals surface area contributed by atoms with E-state index in [2.05, 4.69) is 19.2 Å². The van der Waals surface area contributed by atoms with Gasteiger partial charge in [0.05, 0.1) is 0 Å². The second-order valence-corrected chi connectivity index (χ2v) is 9.12. The van der Waals surface area contributed by atoms with Gasteiger partial charge in [0, 0.05) is 42.8 Å². The van der Waals surface area contributed by atoms with E-state index in [0.29, 0.717) is 36.5 Å². The largest absolute Gasteiger partial charge is 0.334 e. The Morgan fingerprint density at radius 1 is 1.23 bits per heavy atom. The van der Waals surface area contributed by atoms with Crippen molar-refractivity contribution < 1.29 is 4.79 Å². The van der Waals surface area contributed by atoms with E-state index in [1.54, 1.807) is 11.0 Å². The van der Waals surface area contributed by atoms with Crippen LogP contribution in [0.4, 0.5) is 0 Å². The van der Waals surface area contributed by atoms with Crippen LogP contribution in [-0.2, 0) is 13.1 Å². The van der Waals surface area contributed by atoms with Gasteiger partial charge in [-0.3, -0.25) is 9.59 Å². The van der Waals surface area contributed by atoms with Crippen molar-refractivity contribution in [3.8, 4) is 0 Å². The Kier molecular flexibility index (Phi) is 7.27. The lowest BCUT2D eigenvalue weighted by atomic mass is 9.84. The summed E-state index contributed by atoms with van der Waals surface area (Å²) in [5.74, 6) is 0.883. The SMILES string of the molecule is CC(C)CN(Cc1ccccc1Cl)C(=O)c1ccc2n(c1=O)C[C@@H]1CNC[C@H]2C1.Cl. The van der Waals surface area contributed by atoms with Crippen LogP contribution >= 0.6 is 24.0 Å². The summed E-state index contributed by atoms with van der Waals surface area (Å²) >= 11 is 6.33. The average molecular weight is 450 g/mol. The summed E-state index contributed by atoms with van der Waals surface area (Å²) in [5, 5.41) is 4.09. The minimum Gasteiger partial charge on any atom is -0.334 e. The molecule has 0 unspecified atom stereocenters. The lowest BCUT2D eigenvalue weighted by molar-refractivity contribution is 0.0719. The molecule has 4 rings (SSSR count). The maximum absolute atomic E-state index is 13.4. The van der Waals surface area contributed by atoms with Crippen molar-refractivity contribution in [1.82, 2.24) is 14.8 Å². The van der Waals surface area contributed by atoms with Crippen molar-refractivity contribution >= 4 is 29.9 Å². The van der Waals surface area contributed by atoms with Crippen LogP contribution in [0.5, 0.6) is 0 Å². The first-order chi connectivity index (χ1) is 13.9. The number of fused-ring (bicyclic) bond motifs is 4. The molecule has 1 amide bonds. The van der Waals surface area contributed by atoms with Crippen LogP contribution in [0.25, 0.3) is 0 Å². The number of amides is 1. The molecule has 1 aromatic heterocycles. The van der Waals surface area contributed by atoms with Gasteiger partial charge in [-0.1, -0.05) is 43.6 Å². The summed E-state index contributed by atoms with van der Waals surface area (Å²) in [6, 6.07) is 11.3. The molecule has 1 saturated heterocycles. The monoisotopic (exact) mass is 449 g/mol. The smallest absolute Gasteiger partial charge is 0.263 e. The molecule has 0 aliphatic carbocycles. The number of carbonyl (C=O) groups excluding carboxylic acids is 1. The number of nitrogens with one attached hydrogen (secondary N) is 1. The molecule has 5 nitrogen and oxygen atoms in total. The van der Waals surface area contributed by atoms with E-state index in [4.69, 9.17) is 11.6 Å². The van der Waals surface area contributed by atoms with Crippen LogP contribution in [0.1, 0.15) is 47.8 Å². The molecule has 2 atom stereocenters. The van der Waals surface area contributed by atoms with Crippen LogP contribution in [0.2, 0.25) is 5.02 Å². The lowest BCUT2D eigenvalue weighted by Gasteiger charge is -2.37. The van der Waals surface area contributed by atoms with E-state index in [0.717, 1.165) is 30.8 Å². The molecular weight excluding hydrogens is 421 g/mol. The van der Waals surface area contributed by atoms with E-state index in [1.165, 1.54) is 0 Å². The molecule has 1 fully saturated rings. The third-order valence-corrected chi connectivity index (χ3v) is 6.30. The second-order valence-electron chi connectivity index (χ2n) is 8.72. The first kappa shape index (κ1) is 22.9. The van der Waals surface area contributed by atoms with Gasteiger partial charge < -0.3 is 14.8 Å². The highest BCUT2D eigenvalue weighted by Gasteiger charge is 2.32. The second kappa shape index (κ2) is 9.54. The third-order valence-electron chi connectivity index (χ3n) is 5.93. The van der Waals surface area contributed by atoms with Gasteiger partial charge in [0.2, 0.25) is 0 Å². The zero-order chi connectivity index (χ0) is 20.5. The quantitative estimate of drug-likeness (QED) is 0.751. The minimum atomic E-state index is -0.215. The molecule has 3 heterocycles. The Morgan fingerprint density at radius 3 is 2.73 bits per heavy atom. The Hall–Kier alpha value is -1.82. The fourth-order valence-electron chi connectivity index (χ4n) is 4.62. The van der Waals surface area contributed by atoms with Crippen molar-refractivity contribution in [3.63, 3.8) is 0 Å². The molecule has 2 aromatic rings. The Morgan fingerprint density at radius 2 is 2.00 bits per heavy atom. The Balaban J connectivity index is 0.00000256. The predicted molar refractivity (Wildman–Crippen MR) is 123 cm³/mol. The van der Waals surface area contributed by atoms with Crippen LogP contribution in [0.15, 0.2) is 41.2 Å². The molecule has 7 heteroatoms. The molecule has 1 aromatic carbocycles. The third kappa shape index (κ3) is 4.58. The average Bonchev–Trinajstić information content (AvgIpc) is 2.69. The van der Waals surface area contributed by atoms with Crippen LogP contribution in [0.3, 0.4) is 0 Å². The highest BCUT2D eigenvalue weighted by molar-refractivity contribution is 6.31.